The second-order valence-electron chi connectivity index (χ2n) is 16.5. The lowest BCUT2D eigenvalue weighted by molar-refractivity contribution is -0.103. The molecule has 1 saturated carbocycles. The first-order valence-electron chi connectivity index (χ1n) is 18.7. The van der Waals surface area contributed by atoms with E-state index in [0.29, 0.717) is 63.5 Å². The number of carbonyl (C=O) groups excluding carboxylic acids is 1. The molecule has 51 heavy (non-hydrogen) atoms. The van der Waals surface area contributed by atoms with Gasteiger partial charge in [-0.2, -0.15) is 0 Å². The van der Waals surface area contributed by atoms with Crippen molar-refractivity contribution >= 4 is 48.6 Å². The molecule has 2 aromatic rings. The van der Waals surface area contributed by atoms with Gasteiger partial charge in [0.25, 0.3) is 5.91 Å². The monoisotopic (exact) mass is 759 g/mol. The third kappa shape index (κ3) is 7.31. The van der Waals surface area contributed by atoms with Gasteiger partial charge in [0.05, 0.1) is 32.9 Å². The molecule has 1 unspecified atom stereocenters. The molecule has 2 bridgehead atoms. The molecule has 3 heterocycles. The SMILES string of the molecule is C=S1(=O)NC(=O)c2ccc3c(c2)N(C[C@@H]2CC[C@H]2[C@@](O)(CN2CC[C@@H](S(C)(=O)=O)C2)CCC[C@H](C)[C@H]1C)C[C@@]1(CCCc2cc(Cl)ccc21)CO3. The Morgan fingerprint density at radius 3 is 2.61 bits per heavy atom. The van der Waals surface area contributed by atoms with Crippen LogP contribution in [0, 0.1) is 17.8 Å². The first kappa shape index (κ1) is 37.0. The summed E-state index contributed by atoms with van der Waals surface area (Å²) in [4.78, 5) is 18.3. The maximum Gasteiger partial charge on any atom is 0.262 e. The summed E-state index contributed by atoms with van der Waals surface area (Å²) in [6, 6.07) is 11.7. The van der Waals surface area contributed by atoms with Crippen LogP contribution in [0.1, 0.15) is 86.7 Å². The van der Waals surface area contributed by atoms with Crippen molar-refractivity contribution in [1.29, 1.82) is 0 Å². The van der Waals surface area contributed by atoms with Crippen molar-refractivity contribution in [2.24, 2.45) is 17.8 Å². The van der Waals surface area contributed by atoms with E-state index in [-0.39, 0.29) is 28.4 Å². The normalized spacial score (nSPS) is 36.3. The van der Waals surface area contributed by atoms with Gasteiger partial charge >= 0.3 is 0 Å². The number of aryl methyl sites for hydroxylation is 1. The van der Waals surface area contributed by atoms with Crippen molar-refractivity contribution in [3.63, 3.8) is 0 Å². The molecule has 3 aliphatic heterocycles. The Morgan fingerprint density at radius 2 is 1.88 bits per heavy atom. The molecule has 2 fully saturated rings. The Bertz CT molecular complexity index is 1890. The summed E-state index contributed by atoms with van der Waals surface area (Å²) in [5, 5.41) is 12.7. The number of hydrogen-bond donors (Lipinski definition) is 2. The average molecular weight is 760 g/mol. The van der Waals surface area contributed by atoms with Crippen LogP contribution in [-0.2, 0) is 31.4 Å². The summed E-state index contributed by atoms with van der Waals surface area (Å²) in [6.45, 7) is 7.32. The first-order valence-corrected chi connectivity index (χ1v) is 22.8. The fourth-order valence-corrected chi connectivity index (χ4v) is 12.5. The number of halogens is 1. The van der Waals surface area contributed by atoms with E-state index in [1.54, 1.807) is 6.07 Å². The van der Waals surface area contributed by atoms with Gasteiger partial charge in [-0.3, -0.25) is 14.4 Å². The van der Waals surface area contributed by atoms with Gasteiger partial charge in [-0.1, -0.05) is 31.0 Å². The number of carbonyl (C=O) groups is 1. The lowest BCUT2D eigenvalue weighted by atomic mass is 9.62. The minimum absolute atomic E-state index is 0.00794. The number of aliphatic hydroxyl groups is 1. The molecule has 0 radical (unpaired) electrons. The van der Waals surface area contributed by atoms with Crippen LogP contribution in [0.5, 0.6) is 5.75 Å². The van der Waals surface area contributed by atoms with E-state index < -0.39 is 36.3 Å². The van der Waals surface area contributed by atoms with Crippen molar-refractivity contribution in [1.82, 2.24) is 9.62 Å². The zero-order valence-electron chi connectivity index (χ0n) is 30.2. The zero-order chi connectivity index (χ0) is 36.3. The fourth-order valence-electron chi connectivity index (χ4n) is 9.74. The van der Waals surface area contributed by atoms with Gasteiger partial charge in [0.1, 0.15) is 5.75 Å². The number of fused-ring (bicyclic) bond motifs is 4. The highest BCUT2D eigenvalue weighted by molar-refractivity contribution is 7.99. The molecule has 12 heteroatoms. The molecular weight excluding hydrogens is 706 g/mol. The lowest BCUT2D eigenvalue weighted by Crippen LogP contribution is -2.56. The quantitative estimate of drug-likeness (QED) is 0.408. The fraction of sp³-hybridized carbons (Fsp3) is 0.641. The number of nitrogens with one attached hydrogen (secondary N) is 1. The molecule has 1 saturated heterocycles. The van der Waals surface area contributed by atoms with E-state index in [1.807, 2.05) is 32.0 Å². The van der Waals surface area contributed by atoms with Gasteiger partial charge in [-0.15, -0.1) is 0 Å². The van der Waals surface area contributed by atoms with E-state index in [4.69, 9.17) is 16.3 Å². The number of amides is 1. The van der Waals surface area contributed by atoms with Gasteiger partial charge in [0, 0.05) is 53.7 Å². The molecule has 280 valence electrons. The summed E-state index contributed by atoms with van der Waals surface area (Å²) in [5.41, 5.74) is 2.45. The Labute approximate surface area is 309 Å². The Kier molecular flexibility index (Phi) is 10.0. The molecule has 9 nitrogen and oxygen atoms in total. The molecule has 2 N–H and O–H groups in total. The molecule has 8 atom stereocenters. The van der Waals surface area contributed by atoms with Crippen LogP contribution in [0.25, 0.3) is 0 Å². The second kappa shape index (κ2) is 13.8. The number of sulfone groups is 1. The van der Waals surface area contributed by atoms with Crippen LogP contribution < -0.4 is 14.4 Å². The second-order valence-corrected chi connectivity index (χ2v) is 21.7. The van der Waals surface area contributed by atoms with E-state index in [0.717, 1.165) is 55.7 Å². The van der Waals surface area contributed by atoms with Crippen LogP contribution in [-0.4, -0.2) is 96.1 Å². The van der Waals surface area contributed by atoms with Crippen LogP contribution in [0.15, 0.2) is 36.4 Å². The first-order chi connectivity index (χ1) is 24.1. The average Bonchev–Trinajstić information content (AvgIpc) is 3.47. The van der Waals surface area contributed by atoms with Crippen molar-refractivity contribution in [2.45, 2.75) is 93.2 Å². The highest BCUT2D eigenvalue weighted by Gasteiger charge is 2.50. The smallest absolute Gasteiger partial charge is 0.262 e. The lowest BCUT2D eigenvalue weighted by Gasteiger charge is -2.51. The Hall–Kier alpha value is -2.31. The largest absolute Gasteiger partial charge is 0.490 e. The summed E-state index contributed by atoms with van der Waals surface area (Å²) in [7, 11) is -6.16. The van der Waals surface area contributed by atoms with Crippen LogP contribution in [0.4, 0.5) is 5.69 Å². The Morgan fingerprint density at radius 1 is 1.08 bits per heavy atom. The van der Waals surface area contributed by atoms with Crippen molar-refractivity contribution in [2.75, 3.05) is 50.5 Å². The van der Waals surface area contributed by atoms with Crippen molar-refractivity contribution < 1.29 is 27.3 Å². The number of rotatable bonds is 3. The van der Waals surface area contributed by atoms with E-state index in [2.05, 4.69) is 32.5 Å². The maximum atomic E-state index is 13.9. The number of benzene rings is 2. The molecule has 1 spiro atoms. The third-order valence-electron chi connectivity index (χ3n) is 13.1. The van der Waals surface area contributed by atoms with Gasteiger partial charge in [-0.25, -0.2) is 12.6 Å². The molecule has 2 aliphatic carbocycles. The molecule has 7 rings (SSSR count). The van der Waals surface area contributed by atoms with Crippen molar-refractivity contribution in [3.05, 3.63) is 58.1 Å². The highest BCUT2D eigenvalue weighted by atomic mass is 35.5. The molecular formula is C39H54ClN3O6S2. The minimum Gasteiger partial charge on any atom is -0.490 e. The van der Waals surface area contributed by atoms with Gasteiger partial charge in [-0.05, 0) is 130 Å². The third-order valence-corrected chi connectivity index (χ3v) is 17.2. The highest BCUT2D eigenvalue weighted by Crippen LogP contribution is 2.49. The number of ether oxygens (including phenoxy) is 1. The molecule has 1 amide bonds. The van der Waals surface area contributed by atoms with E-state index >= 15 is 0 Å². The van der Waals surface area contributed by atoms with Gasteiger partial charge in [0.15, 0.2) is 9.84 Å². The van der Waals surface area contributed by atoms with Gasteiger partial charge in [0.2, 0.25) is 0 Å². The van der Waals surface area contributed by atoms with Crippen LogP contribution in [0.3, 0.4) is 0 Å². The van der Waals surface area contributed by atoms with E-state index in [9.17, 15) is 22.5 Å². The summed E-state index contributed by atoms with van der Waals surface area (Å²) in [5.74, 6) is 4.53. The molecule has 0 aromatic heterocycles. The predicted octanol–water partition coefficient (Wildman–Crippen LogP) is 5.26. The number of nitrogens with zero attached hydrogens (tertiary/aromatic N) is 2. The Balaban J connectivity index is 1.28. The van der Waals surface area contributed by atoms with Crippen molar-refractivity contribution in [3.8, 4) is 5.75 Å². The minimum atomic E-state index is -3.17. The molecule has 5 aliphatic rings. The number of anilines is 1. The summed E-state index contributed by atoms with van der Waals surface area (Å²) < 4.78 is 48.3. The zero-order valence-corrected chi connectivity index (χ0v) is 32.6. The summed E-state index contributed by atoms with van der Waals surface area (Å²) >= 11 is 6.47. The predicted molar refractivity (Wildman–Crippen MR) is 206 cm³/mol. The number of β-amino-alcohol motifs (C(OH)–C–C–N with tert-alkyl or cyclic N) is 1. The van der Waals surface area contributed by atoms with Crippen LogP contribution >= 0.6 is 11.6 Å². The standard InChI is InChI=1S/C39H54ClN3O6S2/c1-26-7-5-17-39(45,24-42-18-15-32(22-42)51(4,47)48)34-12-9-30(34)21-43-23-38(16-6-8-28-19-31(40)11-13-33(28)38)25-49-36-14-10-29(20-35(36)43)37(44)41-50(3,46)27(26)2/h10-11,13-14,19-20,26-27,30,32,34,45H,3,5-9,12,15-18,21-25H2,1-2,4H3,(H,41,44,46)/t26-,27+,30-,32+,34+,38-,39-,50?/m0/s1. The number of likely N-dealkylation sites (tertiary alicyclic amines) is 1. The van der Waals surface area contributed by atoms with E-state index in [1.165, 1.54) is 17.4 Å². The number of hydrogen-bond acceptors (Lipinski definition) is 8. The van der Waals surface area contributed by atoms with Gasteiger partial charge < -0.3 is 14.7 Å². The summed E-state index contributed by atoms with van der Waals surface area (Å²) in [6.07, 6.45) is 8.72. The maximum absolute atomic E-state index is 13.9. The van der Waals surface area contributed by atoms with Crippen LogP contribution in [0.2, 0.25) is 5.02 Å². The topological polar surface area (TPSA) is 116 Å². The molecule has 2 aromatic carbocycles.